The second-order valence-electron chi connectivity index (χ2n) is 4.56. The van der Waals surface area contributed by atoms with E-state index in [0.29, 0.717) is 0 Å². The van der Waals surface area contributed by atoms with Gasteiger partial charge in [0.25, 0.3) is 0 Å². The first-order chi connectivity index (χ1) is 7.72. The van der Waals surface area contributed by atoms with Crippen LogP contribution in [-0.4, -0.2) is 18.1 Å². The van der Waals surface area contributed by atoms with Gasteiger partial charge >= 0.3 is 0 Å². The first-order valence-electron chi connectivity index (χ1n) is 6.34. The molecule has 0 fully saturated rings. The molecular weight excluding hydrogens is 216 g/mol. The van der Waals surface area contributed by atoms with Gasteiger partial charge in [0.2, 0.25) is 0 Å². The predicted octanol–water partition coefficient (Wildman–Crippen LogP) is 3.41. The van der Waals surface area contributed by atoms with E-state index in [-0.39, 0.29) is 0 Å². The molecule has 0 bridgehead atoms. The first-order valence-corrected chi connectivity index (χ1v) is 7.22. The highest BCUT2D eigenvalue weighted by molar-refractivity contribution is 7.09. The standard InChI is InChI=1S/C13H24N2S/c1-4-11(2)9-14-8-6-5-7-13-15-12(3)10-16-13/h10-11,14H,4-9H2,1-3H3. The highest BCUT2D eigenvalue weighted by Gasteiger charge is 1.99. The Morgan fingerprint density at radius 3 is 2.88 bits per heavy atom. The molecule has 0 aliphatic carbocycles. The summed E-state index contributed by atoms with van der Waals surface area (Å²) >= 11 is 1.79. The number of nitrogens with zero attached hydrogens (tertiary/aromatic N) is 1. The molecule has 2 nitrogen and oxygen atoms in total. The van der Waals surface area contributed by atoms with Crippen molar-refractivity contribution in [2.45, 2.75) is 46.5 Å². The number of aryl methyl sites for hydroxylation is 2. The lowest BCUT2D eigenvalue weighted by Gasteiger charge is -2.09. The van der Waals surface area contributed by atoms with Crippen LogP contribution in [-0.2, 0) is 6.42 Å². The molecule has 3 heteroatoms. The van der Waals surface area contributed by atoms with Crippen LogP contribution in [0.2, 0.25) is 0 Å². The summed E-state index contributed by atoms with van der Waals surface area (Å²) in [7, 11) is 0. The van der Waals surface area contributed by atoms with Gasteiger partial charge in [-0.1, -0.05) is 20.3 Å². The van der Waals surface area contributed by atoms with Gasteiger partial charge < -0.3 is 5.32 Å². The minimum absolute atomic E-state index is 0.807. The van der Waals surface area contributed by atoms with Gasteiger partial charge in [0.1, 0.15) is 0 Å². The van der Waals surface area contributed by atoms with Crippen LogP contribution in [0.1, 0.15) is 43.8 Å². The third kappa shape index (κ3) is 5.61. The highest BCUT2D eigenvalue weighted by atomic mass is 32.1. The average molecular weight is 240 g/mol. The summed E-state index contributed by atoms with van der Waals surface area (Å²) in [6.45, 7) is 8.91. The van der Waals surface area contributed by atoms with Gasteiger partial charge in [-0.2, -0.15) is 0 Å². The number of hydrogen-bond acceptors (Lipinski definition) is 3. The molecule has 16 heavy (non-hydrogen) atoms. The molecule has 92 valence electrons. The summed E-state index contributed by atoms with van der Waals surface area (Å²) in [5.41, 5.74) is 1.16. The second-order valence-corrected chi connectivity index (χ2v) is 5.50. The van der Waals surface area contributed by atoms with Crippen molar-refractivity contribution in [3.05, 3.63) is 16.1 Å². The molecule has 1 aromatic rings. The van der Waals surface area contributed by atoms with Crippen molar-refractivity contribution in [2.24, 2.45) is 5.92 Å². The second kappa shape index (κ2) is 7.80. The summed E-state index contributed by atoms with van der Waals surface area (Å²) in [5, 5.41) is 6.94. The zero-order valence-corrected chi connectivity index (χ0v) is 11.6. The average Bonchev–Trinajstić information content (AvgIpc) is 2.69. The number of rotatable bonds is 8. The molecule has 1 N–H and O–H groups in total. The molecular formula is C13H24N2S. The first kappa shape index (κ1) is 13.7. The molecule has 0 radical (unpaired) electrons. The zero-order chi connectivity index (χ0) is 11.8. The maximum absolute atomic E-state index is 4.47. The predicted molar refractivity (Wildman–Crippen MR) is 72.1 cm³/mol. The van der Waals surface area contributed by atoms with E-state index >= 15 is 0 Å². The number of nitrogens with one attached hydrogen (secondary N) is 1. The number of hydrogen-bond donors (Lipinski definition) is 1. The van der Waals surface area contributed by atoms with E-state index in [1.165, 1.54) is 24.3 Å². The van der Waals surface area contributed by atoms with Crippen molar-refractivity contribution in [3.8, 4) is 0 Å². The Hall–Kier alpha value is -0.410. The Morgan fingerprint density at radius 2 is 2.25 bits per heavy atom. The summed E-state index contributed by atoms with van der Waals surface area (Å²) in [4.78, 5) is 4.47. The number of unbranched alkanes of at least 4 members (excludes halogenated alkanes) is 1. The van der Waals surface area contributed by atoms with E-state index in [9.17, 15) is 0 Å². The Morgan fingerprint density at radius 1 is 1.44 bits per heavy atom. The minimum atomic E-state index is 0.807. The SMILES string of the molecule is CCC(C)CNCCCCc1nc(C)cs1. The Kier molecular flexibility index (Phi) is 6.65. The van der Waals surface area contributed by atoms with Crippen molar-refractivity contribution in [3.63, 3.8) is 0 Å². The maximum atomic E-state index is 4.47. The zero-order valence-electron chi connectivity index (χ0n) is 10.8. The molecule has 1 unspecified atom stereocenters. The van der Waals surface area contributed by atoms with Crippen LogP contribution in [0.15, 0.2) is 5.38 Å². The normalized spacial score (nSPS) is 12.9. The van der Waals surface area contributed by atoms with Crippen molar-refractivity contribution in [1.29, 1.82) is 0 Å². The molecule has 1 atom stereocenters. The van der Waals surface area contributed by atoms with E-state index in [0.717, 1.165) is 31.1 Å². The van der Waals surface area contributed by atoms with Crippen LogP contribution in [0.5, 0.6) is 0 Å². The van der Waals surface area contributed by atoms with Gasteiger partial charge in [0, 0.05) is 11.1 Å². The maximum Gasteiger partial charge on any atom is 0.0928 e. The van der Waals surface area contributed by atoms with Gasteiger partial charge in [-0.25, -0.2) is 4.98 Å². The van der Waals surface area contributed by atoms with Gasteiger partial charge in [-0.3, -0.25) is 0 Å². The highest BCUT2D eigenvalue weighted by Crippen LogP contribution is 2.11. The van der Waals surface area contributed by atoms with Gasteiger partial charge in [0.15, 0.2) is 0 Å². The van der Waals surface area contributed by atoms with Crippen LogP contribution in [0, 0.1) is 12.8 Å². The monoisotopic (exact) mass is 240 g/mol. The Bertz CT molecular complexity index is 283. The Labute approximate surface area is 103 Å². The molecule has 0 aromatic carbocycles. The lowest BCUT2D eigenvalue weighted by molar-refractivity contribution is 0.491. The van der Waals surface area contributed by atoms with E-state index in [1.54, 1.807) is 11.3 Å². The van der Waals surface area contributed by atoms with Crippen molar-refractivity contribution in [2.75, 3.05) is 13.1 Å². The van der Waals surface area contributed by atoms with Crippen molar-refractivity contribution in [1.82, 2.24) is 10.3 Å². The van der Waals surface area contributed by atoms with E-state index in [1.807, 2.05) is 0 Å². The topological polar surface area (TPSA) is 24.9 Å². The molecule has 0 aliphatic rings. The molecule has 0 saturated heterocycles. The van der Waals surface area contributed by atoms with Crippen molar-refractivity contribution >= 4 is 11.3 Å². The lowest BCUT2D eigenvalue weighted by atomic mass is 10.1. The molecule has 1 aromatic heterocycles. The minimum Gasteiger partial charge on any atom is -0.316 e. The number of thiazole rings is 1. The quantitative estimate of drug-likeness (QED) is 0.704. The van der Waals surface area contributed by atoms with Gasteiger partial charge in [-0.15, -0.1) is 11.3 Å². The fourth-order valence-electron chi connectivity index (χ4n) is 1.54. The summed E-state index contributed by atoms with van der Waals surface area (Å²) in [6.07, 6.45) is 4.92. The van der Waals surface area contributed by atoms with Gasteiger partial charge in [-0.05, 0) is 45.2 Å². The lowest BCUT2D eigenvalue weighted by Crippen LogP contribution is -2.21. The van der Waals surface area contributed by atoms with Crippen molar-refractivity contribution < 1.29 is 0 Å². The van der Waals surface area contributed by atoms with Crippen LogP contribution < -0.4 is 5.32 Å². The third-order valence-electron chi connectivity index (χ3n) is 2.85. The fourth-order valence-corrected chi connectivity index (χ4v) is 2.35. The molecule has 0 amide bonds. The van der Waals surface area contributed by atoms with Crippen LogP contribution in [0.3, 0.4) is 0 Å². The van der Waals surface area contributed by atoms with E-state index in [4.69, 9.17) is 0 Å². The Balaban J connectivity index is 1.96. The smallest absolute Gasteiger partial charge is 0.0928 e. The molecule has 1 rings (SSSR count). The van der Waals surface area contributed by atoms with Crippen LogP contribution in [0.25, 0.3) is 0 Å². The van der Waals surface area contributed by atoms with E-state index in [2.05, 4.69) is 36.5 Å². The molecule has 0 aliphatic heterocycles. The summed E-state index contributed by atoms with van der Waals surface area (Å²) < 4.78 is 0. The molecule has 0 spiro atoms. The fraction of sp³-hybridized carbons (Fsp3) is 0.769. The van der Waals surface area contributed by atoms with Gasteiger partial charge in [0.05, 0.1) is 5.01 Å². The summed E-state index contributed by atoms with van der Waals surface area (Å²) in [6, 6.07) is 0. The third-order valence-corrected chi connectivity index (χ3v) is 3.88. The van der Waals surface area contributed by atoms with E-state index < -0.39 is 0 Å². The molecule has 1 heterocycles. The van der Waals surface area contributed by atoms with Crippen LogP contribution in [0.4, 0.5) is 0 Å². The largest absolute Gasteiger partial charge is 0.316 e. The van der Waals surface area contributed by atoms with Crippen LogP contribution >= 0.6 is 11.3 Å². The molecule has 0 saturated carbocycles. The summed E-state index contributed by atoms with van der Waals surface area (Å²) in [5.74, 6) is 0.807. The number of aromatic nitrogens is 1.